The third kappa shape index (κ3) is 4.88. The van der Waals surface area contributed by atoms with Crippen LogP contribution in [0.2, 0.25) is 5.02 Å². The number of carbonyl (C=O) groups is 1. The van der Waals surface area contributed by atoms with Crippen molar-refractivity contribution in [2.75, 3.05) is 33.1 Å². The lowest BCUT2D eigenvalue weighted by Crippen LogP contribution is -2.32. The first-order valence-corrected chi connectivity index (χ1v) is 10.2. The van der Waals surface area contributed by atoms with E-state index in [1.54, 1.807) is 23.0 Å². The minimum Gasteiger partial charge on any atom is -0.483 e. The molecule has 1 N–H and O–H groups in total. The van der Waals surface area contributed by atoms with Gasteiger partial charge in [-0.25, -0.2) is 22.1 Å². The van der Waals surface area contributed by atoms with Crippen molar-refractivity contribution in [2.24, 2.45) is 5.92 Å². The fourth-order valence-corrected chi connectivity index (χ4v) is 4.36. The number of hydrogen-bond donors (Lipinski definition) is 1. The largest absolute Gasteiger partial charge is 0.483 e. The SMILES string of the molecule is CN(C)S(=O)(=O)C[C@@H]1COC[C@H]1n1ccnc1-c1c(F)cccc1Cl.O=CO. The van der Waals surface area contributed by atoms with Gasteiger partial charge in [0, 0.05) is 32.4 Å². The first-order chi connectivity index (χ1) is 13.2. The number of sulfonamides is 1. The van der Waals surface area contributed by atoms with Crippen molar-refractivity contribution >= 4 is 28.1 Å². The number of carboxylic acid groups (broad SMARTS) is 1. The zero-order valence-electron chi connectivity index (χ0n) is 15.3. The zero-order chi connectivity index (χ0) is 20.9. The molecule has 1 aromatic heterocycles. The van der Waals surface area contributed by atoms with Crippen LogP contribution in [0.5, 0.6) is 0 Å². The van der Waals surface area contributed by atoms with Crippen molar-refractivity contribution in [3.63, 3.8) is 0 Å². The number of halogens is 2. The van der Waals surface area contributed by atoms with Gasteiger partial charge in [0.25, 0.3) is 6.47 Å². The molecule has 0 bridgehead atoms. The second-order valence-corrected chi connectivity index (χ2v) is 8.92. The Morgan fingerprint density at radius 2 is 2.11 bits per heavy atom. The molecule has 1 aromatic carbocycles. The lowest BCUT2D eigenvalue weighted by Gasteiger charge is -2.23. The van der Waals surface area contributed by atoms with E-state index in [4.69, 9.17) is 26.2 Å². The number of nitrogens with zero attached hydrogens (tertiary/aromatic N) is 3. The summed E-state index contributed by atoms with van der Waals surface area (Å²) in [5, 5.41) is 7.14. The molecule has 1 saturated heterocycles. The number of ether oxygens (including phenoxy) is 1. The molecule has 2 heterocycles. The summed E-state index contributed by atoms with van der Waals surface area (Å²) in [6.07, 6.45) is 3.25. The van der Waals surface area contributed by atoms with Crippen molar-refractivity contribution in [1.29, 1.82) is 0 Å². The van der Waals surface area contributed by atoms with Crippen LogP contribution in [-0.2, 0) is 19.6 Å². The molecule has 3 rings (SSSR count). The predicted octanol–water partition coefficient (Wildman–Crippen LogP) is 2.12. The van der Waals surface area contributed by atoms with Gasteiger partial charge in [-0.05, 0) is 12.1 Å². The fraction of sp³-hybridized carbons (Fsp3) is 0.412. The molecule has 0 unspecified atom stereocenters. The van der Waals surface area contributed by atoms with Crippen LogP contribution in [-0.4, -0.2) is 66.9 Å². The van der Waals surface area contributed by atoms with Crippen molar-refractivity contribution in [2.45, 2.75) is 6.04 Å². The van der Waals surface area contributed by atoms with Gasteiger partial charge < -0.3 is 14.4 Å². The molecule has 1 aliphatic rings. The van der Waals surface area contributed by atoms with Gasteiger partial charge in [-0.3, -0.25) is 4.79 Å². The molecule has 0 saturated carbocycles. The highest BCUT2D eigenvalue weighted by Gasteiger charge is 2.35. The molecule has 8 nitrogen and oxygen atoms in total. The summed E-state index contributed by atoms with van der Waals surface area (Å²) < 4.78 is 47.2. The zero-order valence-corrected chi connectivity index (χ0v) is 16.9. The molecule has 0 amide bonds. The molecule has 28 heavy (non-hydrogen) atoms. The van der Waals surface area contributed by atoms with Gasteiger partial charge in [0.1, 0.15) is 11.6 Å². The number of benzene rings is 1. The summed E-state index contributed by atoms with van der Waals surface area (Å²) in [6, 6.07) is 4.18. The van der Waals surface area contributed by atoms with Gasteiger partial charge in [-0.1, -0.05) is 17.7 Å². The maximum atomic E-state index is 14.3. The summed E-state index contributed by atoms with van der Waals surface area (Å²) in [5.41, 5.74) is 0.204. The van der Waals surface area contributed by atoms with Crippen LogP contribution in [0.3, 0.4) is 0 Å². The Morgan fingerprint density at radius 1 is 1.43 bits per heavy atom. The molecule has 11 heteroatoms. The van der Waals surface area contributed by atoms with Gasteiger partial charge in [-0.2, -0.15) is 0 Å². The van der Waals surface area contributed by atoms with Gasteiger partial charge in [0.15, 0.2) is 0 Å². The van der Waals surface area contributed by atoms with Crippen molar-refractivity contribution in [3.05, 3.63) is 41.4 Å². The Labute approximate surface area is 167 Å². The quantitative estimate of drug-likeness (QED) is 0.725. The molecule has 2 aromatic rings. The van der Waals surface area contributed by atoms with E-state index in [0.29, 0.717) is 19.0 Å². The van der Waals surface area contributed by atoms with Gasteiger partial charge in [0.05, 0.1) is 35.6 Å². The Bertz CT molecular complexity index is 899. The fourth-order valence-electron chi connectivity index (χ4n) is 2.96. The van der Waals surface area contributed by atoms with E-state index in [9.17, 15) is 12.8 Å². The number of imidazole rings is 1. The molecule has 2 atom stereocenters. The molecular formula is C17H21ClFN3O5S. The first-order valence-electron chi connectivity index (χ1n) is 8.26. The second kappa shape index (κ2) is 9.46. The standard InChI is InChI=1S/C16H19ClFN3O3S.CH2O2/c1-20(2)25(22,23)10-11-8-24-9-14(11)21-7-6-19-16(21)15-12(17)4-3-5-13(15)18;2-1-3/h3-7,11,14H,8-10H2,1-2H3;1H,(H,2,3)/t11-,14+;/m0./s1. The van der Waals surface area contributed by atoms with E-state index in [1.807, 2.05) is 0 Å². The van der Waals surface area contributed by atoms with E-state index >= 15 is 0 Å². The molecule has 1 fully saturated rings. The summed E-state index contributed by atoms with van der Waals surface area (Å²) >= 11 is 6.16. The lowest BCUT2D eigenvalue weighted by molar-refractivity contribution is -0.122. The van der Waals surface area contributed by atoms with E-state index in [-0.39, 0.29) is 34.8 Å². The maximum Gasteiger partial charge on any atom is 0.290 e. The lowest BCUT2D eigenvalue weighted by atomic mass is 10.1. The van der Waals surface area contributed by atoms with E-state index in [1.165, 1.54) is 30.5 Å². The third-order valence-corrected chi connectivity index (χ3v) is 6.64. The molecule has 0 radical (unpaired) electrons. The minimum atomic E-state index is -3.38. The first kappa shape index (κ1) is 22.3. The highest BCUT2D eigenvalue weighted by molar-refractivity contribution is 7.89. The van der Waals surface area contributed by atoms with Crippen molar-refractivity contribution in [1.82, 2.24) is 13.9 Å². The minimum absolute atomic E-state index is 0.0483. The second-order valence-electron chi connectivity index (χ2n) is 6.29. The van der Waals surface area contributed by atoms with Crippen LogP contribution in [0.25, 0.3) is 11.4 Å². The Hall–Kier alpha value is -2.01. The monoisotopic (exact) mass is 433 g/mol. The van der Waals surface area contributed by atoms with Gasteiger partial charge in [0.2, 0.25) is 10.0 Å². The highest BCUT2D eigenvalue weighted by atomic mass is 35.5. The van der Waals surface area contributed by atoms with Crippen molar-refractivity contribution < 1.29 is 27.4 Å². The molecular weight excluding hydrogens is 413 g/mol. The normalized spacial score (nSPS) is 19.3. The topological polar surface area (TPSA) is 102 Å². The summed E-state index contributed by atoms with van der Waals surface area (Å²) in [6.45, 7) is 0.406. The Morgan fingerprint density at radius 3 is 2.71 bits per heavy atom. The summed E-state index contributed by atoms with van der Waals surface area (Å²) in [4.78, 5) is 12.6. The maximum absolute atomic E-state index is 14.3. The van der Waals surface area contributed by atoms with Crippen LogP contribution in [0.15, 0.2) is 30.6 Å². The Kier molecular flexibility index (Phi) is 7.53. The summed E-state index contributed by atoms with van der Waals surface area (Å²) in [5.74, 6) is -0.416. The smallest absolute Gasteiger partial charge is 0.290 e. The number of aromatic nitrogens is 2. The van der Waals surface area contributed by atoms with E-state index < -0.39 is 15.8 Å². The average molecular weight is 434 g/mol. The number of hydrogen-bond acceptors (Lipinski definition) is 5. The van der Waals surface area contributed by atoms with Crippen LogP contribution >= 0.6 is 11.6 Å². The van der Waals surface area contributed by atoms with Crippen LogP contribution in [0, 0.1) is 11.7 Å². The van der Waals surface area contributed by atoms with Crippen molar-refractivity contribution in [3.8, 4) is 11.4 Å². The third-order valence-electron chi connectivity index (χ3n) is 4.36. The van der Waals surface area contributed by atoms with Gasteiger partial charge in [-0.15, -0.1) is 0 Å². The highest BCUT2D eigenvalue weighted by Crippen LogP contribution is 2.35. The molecule has 1 aliphatic heterocycles. The van der Waals surface area contributed by atoms with E-state index in [2.05, 4.69) is 4.98 Å². The van der Waals surface area contributed by atoms with Crippen LogP contribution in [0.4, 0.5) is 4.39 Å². The van der Waals surface area contributed by atoms with E-state index in [0.717, 1.165) is 0 Å². The molecule has 0 spiro atoms. The molecule has 154 valence electrons. The van der Waals surface area contributed by atoms with Crippen LogP contribution < -0.4 is 0 Å². The average Bonchev–Trinajstić information content (AvgIpc) is 3.24. The van der Waals surface area contributed by atoms with Crippen LogP contribution in [0.1, 0.15) is 6.04 Å². The predicted molar refractivity (Wildman–Crippen MR) is 102 cm³/mol. The van der Waals surface area contributed by atoms with Gasteiger partial charge >= 0.3 is 0 Å². The molecule has 0 aliphatic carbocycles. The Balaban J connectivity index is 0.000000878. The summed E-state index contributed by atoms with van der Waals surface area (Å²) in [7, 11) is -0.376. The number of rotatable bonds is 5.